The summed E-state index contributed by atoms with van der Waals surface area (Å²) in [6.45, 7) is 1.45. The number of halogens is 6. The van der Waals surface area contributed by atoms with Crippen molar-refractivity contribution >= 4 is 11.7 Å². The van der Waals surface area contributed by atoms with Crippen LogP contribution in [0.5, 0.6) is 5.75 Å². The number of alkyl halides is 6. The number of hydrogen-bond donors (Lipinski definition) is 2. The van der Waals surface area contributed by atoms with Gasteiger partial charge in [-0.05, 0) is 62.1 Å². The molecule has 40 heavy (non-hydrogen) atoms. The lowest BCUT2D eigenvalue weighted by atomic mass is 9.89. The van der Waals surface area contributed by atoms with Crippen LogP contribution in [0.4, 0.5) is 38.0 Å². The Kier molecular flexibility index (Phi) is 8.16. The van der Waals surface area contributed by atoms with Crippen LogP contribution in [0.2, 0.25) is 0 Å². The van der Waals surface area contributed by atoms with Gasteiger partial charge in [-0.1, -0.05) is 25.0 Å². The average molecular weight is 569 g/mol. The smallest absolute Gasteiger partial charge is 0.423 e. The van der Waals surface area contributed by atoms with Crippen molar-refractivity contribution < 1.29 is 35.5 Å². The molecular formula is C28H30F6N4O2. The Hall–Kier alpha value is -3.41. The molecule has 5 rings (SSSR count). The lowest BCUT2D eigenvalue weighted by Gasteiger charge is -2.40. The molecule has 216 valence electrons. The molecule has 1 aliphatic carbocycles. The van der Waals surface area contributed by atoms with Gasteiger partial charge in [0, 0.05) is 36.9 Å². The van der Waals surface area contributed by atoms with Gasteiger partial charge in [0.15, 0.2) is 5.76 Å². The predicted octanol–water partition coefficient (Wildman–Crippen LogP) is 7.24. The van der Waals surface area contributed by atoms with Crippen molar-refractivity contribution in [2.45, 2.75) is 69.2 Å². The van der Waals surface area contributed by atoms with Crippen LogP contribution in [-0.2, 0) is 6.18 Å². The van der Waals surface area contributed by atoms with E-state index in [1.54, 1.807) is 6.07 Å². The first-order valence-corrected chi connectivity index (χ1v) is 13.3. The molecule has 12 heteroatoms. The monoisotopic (exact) mass is 568 g/mol. The number of rotatable bonds is 7. The molecule has 1 saturated heterocycles. The van der Waals surface area contributed by atoms with Gasteiger partial charge in [0.25, 0.3) is 6.01 Å². The minimum absolute atomic E-state index is 0.0108. The first kappa shape index (κ1) is 28.1. The van der Waals surface area contributed by atoms with Crippen LogP contribution in [0, 0.1) is 0 Å². The van der Waals surface area contributed by atoms with E-state index < -0.39 is 18.1 Å². The summed E-state index contributed by atoms with van der Waals surface area (Å²) in [6.07, 6.45) is -2.14. The van der Waals surface area contributed by atoms with Gasteiger partial charge in [0.1, 0.15) is 5.75 Å². The molecule has 2 N–H and O–H groups in total. The highest BCUT2D eigenvalue weighted by Gasteiger charge is 2.34. The zero-order valence-corrected chi connectivity index (χ0v) is 21.6. The molecule has 2 heterocycles. The topological polar surface area (TPSA) is 62.6 Å². The molecule has 0 radical (unpaired) electrons. The van der Waals surface area contributed by atoms with Crippen molar-refractivity contribution in [1.29, 1.82) is 0 Å². The summed E-state index contributed by atoms with van der Waals surface area (Å²) < 4.78 is 87.3. The van der Waals surface area contributed by atoms with Crippen molar-refractivity contribution in [2.75, 3.05) is 23.3 Å². The Balaban J connectivity index is 1.23. The maximum absolute atomic E-state index is 13.0. The number of nitrogens with zero attached hydrogens (tertiary/aromatic N) is 2. The van der Waals surface area contributed by atoms with Crippen LogP contribution < -0.4 is 20.3 Å². The van der Waals surface area contributed by atoms with Crippen LogP contribution >= 0.6 is 0 Å². The predicted molar refractivity (Wildman–Crippen MR) is 138 cm³/mol. The van der Waals surface area contributed by atoms with Crippen LogP contribution in [-0.4, -0.2) is 42.6 Å². The molecule has 6 nitrogen and oxygen atoms in total. The number of anilines is 2. The van der Waals surface area contributed by atoms with E-state index in [1.807, 2.05) is 0 Å². The first-order chi connectivity index (χ1) is 19.0. The molecule has 2 aromatic carbocycles. The van der Waals surface area contributed by atoms with E-state index in [0.29, 0.717) is 6.54 Å². The summed E-state index contributed by atoms with van der Waals surface area (Å²) in [7, 11) is 0. The molecule has 2 fully saturated rings. The second-order valence-corrected chi connectivity index (χ2v) is 10.2. The molecule has 0 bridgehead atoms. The van der Waals surface area contributed by atoms with Gasteiger partial charge < -0.3 is 24.7 Å². The molecule has 3 atom stereocenters. The van der Waals surface area contributed by atoms with Gasteiger partial charge in [-0.3, -0.25) is 0 Å². The Bertz CT molecular complexity index is 1260. The number of oxazole rings is 1. The summed E-state index contributed by atoms with van der Waals surface area (Å²) in [5.41, 5.74) is 0.245. The van der Waals surface area contributed by atoms with E-state index in [9.17, 15) is 26.3 Å². The average Bonchev–Trinajstić information content (AvgIpc) is 3.37. The lowest BCUT2D eigenvalue weighted by molar-refractivity contribution is -0.274. The second-order valence-electron chi connectivity index (χ2n) is 10.2. The minimum atomic E-state index is -4.83. The summed E-state index contributed by atoms with van der Waals surface area (Å²) >= 11 is 0. The zero-order chi connectivity index (χ0) is 28.3. The highest BCUT2D eigenvalue weighted by Crippen LogP contribution is 2.35. The van der Waals surface area contributed by atoms with E-state index in [1.165, 1.54) is 36.5 Å². The summed E-state index contributed by atoms with van der Waals surface area (Å²) in [5, 5.41) is 7.06. The quantitative estimate of drug-likeness (QED) is 0.293. The number of piperidine rings is 1. The second kappa shape index (κ2) is 11.6. The SMILES string of the molecule is FC(F)(F)Oc1ccccc1-c1cnc(N[C@@H]2CCCC[C@H]2N[C@H]2CCCN(c3ccc(C(F)(F)F)cc3)C2)o1. The summed E-state index contributed by atoms with van der Waals surface area (Å²) in [4.78, 5) is 6.36. The molecule has 0 spiro atoms. The molecular weight excluding hydrogens is 538 g/mol. The fourth-order valence-corrected chi connectivity index (χ4v) is 5.52. The molecule has 0 amide bonds. The van der Waals surface area contributed by atoms with E-state index in [2.05, 4.69) is 25.3 Å². The molecule has 1 saturated carbocycles. The maximum Gasteiger partial charge on any atom is 0.573 e. The highest BCUT2D eigenvalue weighted by atomic mass is 19.4. The highest BCUT2D eigenvalue weighted by molar-refractivity contribution is 5.65. The minimum Gasteiger partial charge on any atom is -0.423 e. The normalized spacial score (nSPS) is 22.2. The van der Waals surface area contributed by atoms with E-state index in [-0.39, 0.29) is 41.2 Å². The van der Waals surface area contributed by atoms with Crippen molar-refractivity contribution in [3.05, 3.63) is 60.3 Å². The third kappa shape index (κ3) is 7.01. The standard InChI is InChI=1S/C28H30F6N4O2/c29-27(30,31)18-11-13-20(14-12-18)38-15-5-6-19(17-38)36-22-8-2-3-9-23(22)37-26-35-16-25(39-26)21-7-1-4-10-24(21)40-28(32,33)34/h1,4,7,10-14,16,19,22-23,36H,2-3,5-6,8-9,15,17H2,(H,35,37)/t19-,22+,23+/m0/s1. The van der Waals surface area contributed by atoms with Gasteiger partial charge >= 0.3 is 12.5 Å². The van der Waals surface area contributed by atoms with Crippen molar-refractivity contribution in [3.8, 4) is 17.1 Å². The molecule has 1 aliphatic heterocycles. The molecule has 3 aromatic rings. The molecule has 2 aliphatic rings. The van der Waals surface area contributed by atoms with Crippen LogP contribution in [0.1, 0.15) is 44.1 Å². The third-order valence-electron chi connectivity index (χ3n) is 7.39. The van der Waals surface area contributed by atoms with Crippen molar-refractivity contribution in [2.24, 2.45) is 0 Å². The van der Waals surface area contributed by atoms with E-state index >= 15 is 0 Å². The van der Waals surface area contributed by atoms with Gasteiger partial charge in [0.2, 0.25) is 0 Å². The number of para-hydroxylation sites is 1. The fraction of sp³-hybridized carbons (Fsp3) is 0.464. The number of aromatic nitrogens is 1. The van der Waals surface area contributed by atoms with Gasteiger partial charge in [0.05, 0.1) is 17.3 Å². The number of hydrogen-bond acceptors (Lipinski definition) is 6. The van der Waals surface area contributed by atoms with E-state index in [4.69, 9.17) is 4.42 Å². The fourth-order valence-electron chi connectivity index (χ4n) is 5.52. The lowest BCUT2D eigenvalue weighted by Crippen LogP contribution is -2.54. The first-order valence-electron chi connectivity index (χ1n) is 13.3. The Labute approximate surface area is 227 Å². The van der Waals surface area contributed by atoms with Gasteiger partial charge in [-0.15, -0.1) is 13.2 Å². The van der Waals surface area contributed by atoms with Gasteiger partial charge in [-0.25, -0.2) is 4.98 Å². The van der Waals surface area contributed by atoms with Crippen molar-refractivity contribution in [1.82, 2.24) is 10.3 Å². The maximum atomic E-state index is 13.0. The van der Waals surface area contributed by atoms with E-state index in [0.717, 1.165) is 62.9 Å². The van der Waals surface area contributed by atoms with Gasteiger partial charge in [-0.2, -0.15) is 13.2 Å². The number of ether oxygens (including phenoxy) is 1. The number of nitrogens with one attached hydrogen (secondary N) is 2. The van der Waals surface area contributed by atoms with Crippen LogP contribution in [0.15, 0.2) is 59.1 Å². The summed E-state index contributed by atoms with van der Waals surface area (Å²) in [6, 6.07) is 11.5. The molecule has 0 unspecified atom stereocenters. The van der Waals surface area contributed by atoms with Crippen molar-refractivity contribution in [3.63, 3.8) is 0 Å². The zero-order valence-electron chi connectivity index (χ0n) is 21.6. The van der Waals surface area contributed by atoms with Crippen LogP contribution in [0.25, 0.3) is 11.3 Å². The van der Waals surface area contributed by atoms with Crippen LogP contribution in [0.3, 0.4) is 0 Å². The molecule has 1 aromatic heterocycles. The Morgan fingerprint density at radius 2 is 1.60 bits per heavy atom. The Morgan fingerprint density at radius 1 is 0.875 bits per heavy atom. The number of benzene rings is 2. The Morgan fingerprint density at radius 3 is 2.33 bits per heavy atom. The third-order valence-corrected chi connectivity index (χ3v) is 7.39. The summed E-state index contributed by atoms with van der Waals surface area (Å²) in [5.74, 6) is -0.216. The largest absolute Gasteiger partial charge is 0.573 e.